The van der Waals surface area contributed by atoms with Crippen LogP contribution in [0, 0.1) is 0 Å². The van der Waals surface area contributed by atoms with Gasteiger partial charge in [-0.15, -0.1) is 0 Å². The highest BCUT2D eigenvalue weighted by atomic mass is 32.2. The summed E-state index contributed by atoms with van der Waals surface area (Å²) >= 11 is 0. The maximum Gasteiger partial charge on any atom is 0.335 e. The van der Waals surface area contributed by atoms with Crippen molar-refractivity contribution in [2.45, 2.75) is 16.2 Å². The van der Waals surface area contributed by atoms with Crippen LogP contribution >= 0.6 is 0 Å². The summed E-state index contributed by atoms with van der Waals surface area (Å²) in [5.74, 6) is -0.992. The molecular weight excluding hydrogens is 248 g/mol. The first kappa shape index (κ1) is 11.2. The zero-order valence-electron chi connectivity index (χ0n) is 9.42. The Bertz CT molecular complexity index is 676. The second kappa shape index (κ2) is 4.07. The third-order valence-electron chi connectivity index (χ3n) is 3.07. The molecule has 0 radical (unpaired) electrons. The van der Waals surface area contributed by atoms with Gasteiger partial charge in [-0.1, -0.05) is 24.3 Å². The van der Waals surface area contributed by atoms with Crippen molar-refractivity contribution in [2.75, 3.05) is 0 Å². The summed E-state index contributed by atoms with van der Waals surface area (Å²) in [5, 5.41) is 8.97. The number of hydrogen-bond acceptors (Lipinski definition) is 2. The molecule has 3 rings (SSSR count). The fourth-order valence-corrected chi connectivity index (χ4v) is 3.59. The van der Waals surface area contributed by atoms with Crippen molar-refractivity contribution < 1.29 is 14.1 Å². The van der Waals surface area contributed by atoms with Crippen LogP contribution < -0.4 is 0 Å². The Kier molecular flexibility index (Phi) is 2.52. The number of carbonyl (C=O) groups is 1. The third kappa shape index (κ3) is 1.66. The van der Waals surface area contributed by atoms with Crippen LogP contribution in [0.5, 0.6) is 0 Å². The molecule has 3 nitrogen and oxygen atoms in total. The van der Waals surface area contributed by atoms with Gasteiger partial charge in [-0.3, -0.25) is 0 Å². The van der Waals surface area contributed by atoms with E-state index in [1.165, 1.54) is 6.07 Å². The quantitative estimate of drug-likeness (QED) is 0.729. The predicted octanol–water partition coefficient (Wildman–Crippen LogP) is 2.46. The fourth-order valence-electron chi connectivity index (χ4n) is 2.16. The molecule has 1 unspecified atom stereocenters. The molecule has 0 amide bonds. The van der Waals surface area contributed by atoms with Crippen molar-refractivity contribution in [1.82, 2.24) is 0 Å². The Balaban J connectivity index is 2.17. The lowest BCUT2D eigenvalue weighted by Gasteiger charge is -2.18. The summed E-state index contributed by atoms with van der Waals surface area (Å²) < 4.78 is 12.4. The largest absolute Gasteiger partial charge is 0.478 e. The van der Waals surface area contributed by atoms with E-state index in [-0.39, 0.29) is 5.56 Å². The lowest BCUT2D eigenvalue weighted by atomic mass is 10.0. The molecule has 0 aromatic heterocycles. The average molecular weight is 258 g/mol. The minimum Gasteiger partial charge on any atom is -0.478 e. The number of benzene rings is 2. The average Bonchev–Trinajstić information content (AvgIpc) is 2.38. The highest BCUT2D eigenvalue weighted by Crippen LogP contribution is 2.31. The number of carboxylic acids is 1. The van der Waals surface area contributed by atoms with E-state index in [0.717, 1.165) is 16.0 Å². The SMILES string of the molecule is O=C(O)c1ccc2c(c1)S(=O)c1ccccc1C2. The summed E-state index contributed by atoms with van der Waals surface area (Å²) in [6.45, 7) is 0. The third-order valence-corrected chi connectivity index (χ3v) is 4.64. The Morgan fingerprint density at radius 3 is 2.56 bits per heavy atom. The molecule has 0 saturated heterocycles. The van der Waals surface area contributed by atoms with Crippen LogP contribution in [0.15, 0.2) is 52.3 Å². The number of fused-ring (bicyclic) bond motifs is 2. The second-order valence-electron chi connectivity index (χ2n) is 4.18. The molecule has 1 atom stereocenters. The zero-order valence-corrected chi connectivity index (χ0v) is 10.2. The van der Waals surface area contributed by atoms with Gasteiger partial charge in [0.25, 0.3) is 0 Å². The normalized spacial score (nSPS) is 16.8. The van der Waals surface area contributed by atoms with Crippen molar-refractivity contribution in [1.29, 1.82) is 0 Å². The number of hydrogen-bond donors (Lipinski definition) is 1. The zero-order chi connectivity index (χ0) is 12.7. The topological polar surface area (TPSA) is 54.4 Å². The minimum absolute atomic E-state index is 0.182. The summed E-state index contributed by atoms with van der Waals surface area (Å²) in [7, 11) is -1.28. The first-order valence-corrected chi connectivity index (χ1v) is 6.67. The molecule has 90 valence electrons. The van der Waals surface area contributed by atoms with E-state index in [1.54, 1.807) is 12.1 Å². The van der Waals surface area contributed by atoms with Gasteiger partial charge in [0, 0.05) is 9.79 Å². The Hall–Kier alpha value is -1.94. The molecule has 1 aliphatic heterocycles. The summed E-state index contributed by atoms with van der Waals surface area (Å²) in [6.07, 6.45) is 0.706. The molecule has 2 aromatic rings. The molecule has 0 bridgehead atoms. The molecule has 4 heteroatoms. The van der Waals surface area contributed by atoms with E-state index in [1.807, 2.05) is 24.3 Å². The molecule has 1 aliphatic rings. The van der Waals surface area contributed by atoms with E-state index >= 15 is 0 Å². The highest BCUT2D eigenvalue weighted by Gasteiger charge is 2.22. The van der Waals surface area contributed by atoms with E-state index in [4.69, 9.17) is 5.11 Å². The maximum absolute atomic E-state index is 12.4. The Morgan fingerprint density at radius 1 is 1.06 bits per heavy atom. The smallest absolute Gasteiger partial charge is 0.335 e. The van der Waals surface area contributed by atoms with Crippen LogP contribution in [0.25, 0.3) is 0 Å². The Labute approximate surface area is 107 Å². The van der Waals surface area contributed by atoms with Gasteiger partial charge in [-0.25, -0.2) is 9.00 Å². The van der Waals surface area contributed by atoms with Crippen LogP contribution in [0.1, 0.15) is 21.5 Å². The second-order valence-corrected chi connectivity index (χ2v) is 5.60. The molecule has 1 N–H and O–H groups in total. The maximum atomic E-state index is 12.4. The molecule has 0 fully saturated rings. The number of aromatic carboxylic acids is 1. The van der Waals surface area contributed by atoms with Crippen molar-refractivity contribution in [3.05, 3.63) is 59.2 Å². The van der Waals surface area contributed by atoms with Crippen LogP contribution in [0.2, 0.25) is 0 Å². The predicted molar refractivity (Wildman–Crippen MR) is 67.3 cm³/mol. The highest BCUT2D eigenvalue weighted by molar-refractivity contribution is 7.85. The molecule has 0 aliphatic carbocycles. The standard InChI is InChI=1S/C14H10O3S/c15-14(16)11-6-5-10-7-9-3-1-2-4-12(9)18(17)13(10)8-11/h1-6,8H,7H2,(H,15,16). The lowest BCUT2D eigenvalue weighted by molar-refractivity contribution is 0.0696. The molecule has 2 aromatic carbocycles. The van der Waals surface area contributed by atoms with Gasteiger partial charge in [0.05, 0.1) is 16.4 Å². The van der Waals surface area contributed by atoms with Gasteiger partial charge in [0.2, 0.25) is 0 Å². The molecule has 1 heterocycles. The Morgan fingerprint density at radius 2 is 1.78 bits per heavy atom. The van der Waals surface area contributed by atoms with Crippen molar-refractivity contribution in [3.8, 4) is 0 Å². The number of rotatable bonds is 1. The number of carboxylic acid groups (broad SMARTS) is 1. The first-order valence-electron chi connectivity index (χ1n) is 5.53. The minimum atomic E-state index is -1.28. The van der Waals surface area contributed by atoms with Crippen LogP contribution in [-0.4, -0.2) is 15.3 Å². The molecule has 18 heavy (non-hydrogen) atoms. The van der Waals surface area contributed by atoms with Crippen molar-refractivity contribution in [3.63, 3.8) is 0 Å². The fraction of sp³-hybridized carbons (Fsp3) is 0.0714. The lowest BCUT2D eigenvalue weighted by Crippen LogP contribution is -2.10. The van der Waals surface area contributed by atoms with Gasteiger partial charge in [0.1, 0.15) is 0 Å². The van der Waals surface area contributed by atoms with Gasteiger partial charge in [-0.2, -0.15) is 0 Å². The molecular formula is C14H10O3S. The summed E-state index contributed by atoms with van der Waals surface area (Å²) in [5.41, 5.74) is 2.17. The van der Waals surface area contributed by atoms with Gasteiger partial charge >= 0.3 is 5.97 Å². The van der Waals surface area contributed by atoms with Crippen LogP contribution in [0.4, 0.5) is 0 Å². The first-order chi connectivity index (χ1) is 8.66. The van der Waals surface area contributed by atoms with E-state index in [9.17, 15) is 9.00 Å². The molecule has 0 spiro atoms. The van der Waals surface area contributed by atoms with E-state index < -0.39 is 16.8 Å². The van der Waals surface area contributed by atoms with Crippen molar-refractivity contribution >= 4 is 16.8 Å². The van der Waals surface area contributed by atoms with E-state index in [0.29, 0.717) is 11.3 Å². The van der Waals surface area contributed by atoms with E-state index in [2.05, 4.69) is 0 Å². The van der Waals surface area contributed by atoms with Gasteiger partial charge in [-0.05, 0) is 35.7 Å². The van der Waals surface area contributed by atoms with Crippen LogP contribution in [-0.2, 0) is 17.2 Å². The van der Waals surface area contributed by atoms with Crippen molar-refractivity contribution in [2.24, 2.45) is 0 Å². The summed E-state index contributed by atoms with van der Waals surface area (Å²) in [4.78, 5) is 12.3. The van der Waals surface area contributed by atoms with Gasteiger partial charge < -0.3 is 5.11 Å². The van der Waals surface area contributed by atoms with Crippen LogP contribution in [0.3, 0.4) is 0 Å². The van der Waals surface area contributed by atoms with Gasteiger partial charge in [0.15, 0.2) is 0 Å². The monoisotopic (exact) mass is 258 g/mol. The summed E-state index contributed by atoms with van der Waals surface area (Å²) in [6, 6.07) is 12.4. The molecule has 0 saturated carbocycles.